The van der Waals surface area contributed by atoms with Crippen molar-refractivity contribution in [3.05, 3.63) is 69.8 Å². The van der Waals surface area contributed by atoms with Crippen molar-refractivity contribution in [2.24, 2.45) is 0 Å². The van der Waals surface area contributed by atoms with Crippen LogP contribution >= 0.6 is 9.24 Å². The van der Waals surface area contributed by atoms with E-state index in [1.807, 2.05) is 0 Å². The van der Waals surface area contributed by atoms with Crippen LogP contribution in [-0.2, 0) is 5.16 Å². The average Bonchev–Trinajstić information content (AvgIpc) is 2.50. The third-order valence-corrected chi connectivity index (χ3v) is 6.01. The van der Waals surface area contributed by atoms with E-state index in [9.17, 15) is 0 Å². The van der Waals surface area contributed by atoms with Gasteiger partial charge in [-0.1, -0.05) is 56.2 Å². The van der Waals surface area contributed by atoms with Crippen LogP contribution in [0.1, 0.15) is 59.6 Å². The fourth-order valence-electron chi connectivity index (χ4n) is 3.34. The Bertz CT molecular complexity index is 603. The number of aryl methyl sites for hydroxylation is 2. The summed E-state index contributed by atoms with van der Waals surface area (Å²) in [5.74, 6) is 0. The number of rotatable bonds is 5. The highest BCUT2D eigenvalue weighted by Crippen LogP contribution is 2.46. The van der Waals surface area contributed by atoms with E-state index >= 15 is 0 Å². The van der Waals surface area contributed by atoms with Crippen molar-refractivity contribution < 1.29 is 0 Å². The normalized spacial score (nSPS) is 11.7. The molecule has 0 saturated carbocycles. The summed E-state index contributed by atoms with van der Waals surface area (Å²) in [5.41, 5.74) is 8.53. The van der Waals surface area contributed by atoms with E-state index in [1.165, 1.54) is 52.6 Å². The van der Waals surface area contributed by atoms with Gasteiger partial charge in [0.05, 0.1) is 0 Å². The predicted octanol–water partition coefficient (Wildman–Crippen LogP) is 6.23. The highest BCUT2D eigenvalue weighted by molar-refractivity contribution is 7.19. The van der Waals surface area contributed by atoms with E-state index < -0.39 is 0 Å². The molecule has 0 heterocycles. The molecule has 2 aromatic carbocycles. The van der Waals surface area contributed by atoms with Gasteiger partial charge in [0.2, 0.25) is 0 Å². The molecule has 1 unspecified atom stereocenters. The van der Waals surface area contributed by atoms with E-state index in [-0.39, 0.29) is 5.16 Å². The summed E-state index contributed by atoms with van der Waals surface area (Å²) in [7, 11) is 3.21. The van der Waals surface area contributed by atoms with Crippen molar-refractivity contribution in [3.63, 3.8) is 0 Å². The number of benzene rings is 2. The van der Waals surface area contributed by atoms with Crippen LogP contribution in [0.5, 0.6) is 0 Å². The van der Waals surface area contributed by atoms with Crippen molar-refractivity contribution in [3.8, 4) is 0 Å². The third-order valence-electron chi connectivity index (χ3n) is 5.10. The lowest BCUT2D eigenvalue weighted by Crippen LogP contribution is -2.23. The largest absolute Gasteiger partial charge is 0.122 e. The second-order valence-electron chi connectivity index (χ2n) is 6.57. The molecule has 0 amide bonds. The van der Waals surface area contributed by atoms with Crippen LogP contribution in [0.3, 0.4) is 0 Å². The molecule has 0 aliphatic rings. The Labute approximate surface area is 138 Å². The Morgan fingerprint density at radius 1 is 0.818 bits per heavy atom. The summed E-state index contributed by atoms with van der Waals surface area (Å²) in [6, 6.07) is 13.5. The zero-order chi connectivity index (χ0) is 16.3. The van der Waals surface area contributed by atoms with Gasteiger partial charge in [0.1, 0.15) is 0 Å². The first-order valence-electron chi connectivity index (χ1n) is 8.34. The Hall–Kier alpha value is -1.13. The minimum absolute atomic E-state index is 0.0161. The Balaban J connectivity index is 2.67. The minimum atomic E-state index is 0.0161. The van der Waals surface area contributed by atoms with Crippen LogP contribution < -0.4 is 0 Å². The van der Waals surface area contributed by atoms with Gasteiger partial charge in [0, 0.05) is 5.16 Å². The Morgan fingerprint density at radius 3 is 1.68 bits per heavy atom. The number of hydrogen-bond acceptors (Lipinski definition) is 0. The van der Waals surface area contributed by atoms with Gasteiger partial charge in [-0.15, -0.1) is 9.24 Å². The highest BCUT2D eigenvalue weighted by Gasteiger charge is 2.31. The zero-order valence-electron chi connectivity index (χ0n) is 14.7. The van der Waals surface area contributed by atoms with Gasteiger partial charge in [0.25, 0.3) is 0 Å². The summed E-state index contributed by atoms with van der Waals surface area (Å²) in [6.45, 7) is 11.2. The molecule has 0 fully saturated rings. The summed E-state index contributed by atoms with van der Waals surface area (Å²) < 4.78 is 0. The van der Waals surface area contributed by atoms with Gasteiger partial charge < -0.3 is 0 Å². The molecule has 0 bridgehead atoms. The quantitative estimate of drug-likeness (QED) is 0.574. The predicted molar refractivity (Wildman–Crippen MR) is 102 cm³/mol. The Morgan fingerprint density at radius 2 is 1.27 bits per heavy atom. The lowest BCUT2D eigenvalue weighted by Gasteiger charge is -2.34. The molecule has 0 N–H and O–H groups in total. The first-order valence-corrected chi connectivity index (χ1v) is 8.91. The smallest absolute Gasteiger partial charge is 0.0349 e. The van der Waals surface area contributed by atoms with Crippen LogP contribution in [0.4, 0.5) is 0 Å². The van der Waals surface area contributed by atoms with Gasteiger partial charge >= 0.3 is 0 Å². The summed E-state index contributed by atoms with van der Waals surface area (Å²) in [5, 5.41) is 0.0161. The fraction of sp³-hybridized carbons (Fsp3) is 0.429. The first-order chi connectivity index (χ1) is 10.4. The molecule has 22 heavy (non-hydrogen) atoms. The first kappa shape index (κ1) is 17.2. The maximum Gasteiger partial charge on any atom is 0.0349 e. The molecule has 1 heteroatoms. The van der Waals surface area contributed by atoms with Gasteiger partial charge in [-0.3, -0.25) is 0 Å². The lowest BCUT2D eigenvalue weighted by molar-refractivity contribution is 0.602. The van der Waals surface area contributed by atoms with E-state index in [1.54, 1.807) is 0 Å². The summed E-state index contributed by atoms with van der Waals surface area (Å²) in [6.07, 6.45) is 3.64. The van der Waals surface area contributed by atoms with Crippen molar-refractivity contribution in [1.82, 2.24) is 0 Å². The van der Waals surface area contributed by atoms with Gasteiger partial charge in [-0.25, -0.2) is 0 Å². The summed E-state index contributed by atoms with van der Waals surface area (Å²) >= 11 is 0. The van der Waals surface area contributed by atoms with Crippen molar-refractivity contribution in [2.45, 2.75) is 59.0 Å². The minimum Gasteiger partial charge on any atom is -0.122 e. The second kappa shape index (κ2) is 6.97. The second-order valence-corrected chi connectivity index (χ2v) is 7.56. The van der Waals surface area contributed by atoms with E-state index in [4.69, 9.17) is 0 Å². The molecule has 2 aromatic rings. The highest BCUT2D eigenvalue weighted by atomic mass is 31.0. The van der Waals surface area contributed by atoms with Crippen molar-refractivity contribution in [2.75, 3.05) is 0 Å². The standard InChI is InChI=1S/C21H29P/c1-6-7-14-21(22,19-12-8-10-15(2)17(19)4)20-13-9-11-16(3)18(20)5/h8-13H,6-7,14,22H2,1-5H3. The maximum atomic E-state index is 3.21. The van der Waals surface area contributed by atoms with Crippen LogP contribution in [0, 0.1) is 27.7 Å². The molecule has 0 saturated heterocycles. The van der Waals surface area contributed by atoms with Crippen LogP contribution in [0.15, 0.2) is 36.4 Å². The average molecular weight is 312 g/mol. The molecular weight excluding hydrogens is 283 g/mol. The molecule has 0 nitrogen and oxygen atoms in total. The molecular formula is C21H29P. The fourth-order valence-corrected chi connectivity index (χ4v) is 4.17. The van der Waals surface area contributed by atoms with Crippen LogP contribution in [0.25, 0.3) is 0 Å². The molecule has 1 atom stereocenters. The lowest BCUT2D eigenvalue weighted by atomic mass is 9.80. The van der Waals surface area contributed by atoms with Gasteiger partial charge in [-0.05, 0) is 67.5 Å². The zero-order valence-corrected chi connectivity index (χ0v) is 15.8. The van der Waals surface area contributed by atoms with E-state index in [2.05, 4.69) is 80.3 Å². The van der Waals surface area contributed by atoms with Crippen LogP contribution in [-0.4, -0.2) is 0 Å². The van der Waals surface area contributed by atoms with Crippen LogP contribution in [0.2, 0.25) is 0 Å². The topological polar surface area (TPSA) is 0 Å². The molecule has 0 aliphatic carbocycles. The molecule has 0 aliphatic heterocycles. The summed E-state index contributed by atoms with van der Waals surface area (Å²) in [4.78, 5) is 0. The maximum absolute atomic E-state index is 3.21. The van der Waals surface area contributed by atoms with Gasteiger partial charge in [-0.2, -0.15) is 0 Å². The molecule has 0 spiro atoms. The molecule has 0 aromatic heterocycles. The number of unbranched alkanes of at least 4 members (excludes halogenated alkanes) is 1. The Kier molecular flexibility index (Phi) is 5.45. The third kappa shape index (κ3) is 3.13. The van der Waals surface area contributed by atoms with Crippen molar-refractivity contribution >= 4 is 9.24 Å². The molecule has 118 valence electrons. The monoisotopic (exact) mass is 312 g/mol. The van der Waals surface area contributed by atoms with E-state index in [0.717, 1.165) is 0 Å². The number of hydrogen-bond donors (Lipinski definition) is 0. The molecule has 0 radical (unpaired) electrons. The van der Waals surface area contributed by atoms with Gasteiger partial charge in [0.15, 0.2) is 0 Å². The van der Waals surface area contributed by atoms with E-state index in [0.29, 0.717) is 0 Å². The SMILES string of the molecule is CCCCC(P)(c1cccc(C)c1C)c1cccc(C)c1C. The molecule has 2 rings (SSSR count). The van der Waals surface area contributed by atoms with Crippen molar-refractivity contribution in [1.29, 1.82) is 0 Å².